The fraction of sp³-hybridized carbons (Fsp3) is 0. The molecule has 5 heterocycles. The summed E-state index contributed by atoms with van der Waals surface area (Å²) in [6.45, 7) is 0. The average molecular weight is 1210 g/mol. The van der Waals surface area contributed by atoms with Gasteiger partial charge in [-0.05, 0) is 207 Å². The second kappa shape index (κ2) is 20.9. The Labute approximate surface area is 546 Å². The van der Waals surface area contributed by atoms with Crippen LogP contribution in [0.4, 0.5) is 0 Å². The van der Waals surface area contributed by atoms with Gasteiger partial charge in [0.05, 0.1) is 44.1 Å². The first kappa shape index (κ1) is 53.0. The highest BCUT2D eigenvalue weighted by molar-refractivity contribution is 6.16. The van der Waals surface area contributed by atoms with Gasteiger partial charge in [-0.25, -0.2) is 0 Å². The summed E-state index contributed by atoms with van der Waals surface area (Å²) in [5.74, 6) is 0. The van der Waals surface area contributed by atoms with Crippen LogP contribution < -0.4 is 0 Å². The van der Waals surface area contributed by atoms with Crippen molar-refractivity contribution in [1.82, 2.24) is 18.3 Å². The van der Waals surface area contributed by atoms with Gasteiger partial charge in [0.15, 0.2) is 0 Å². The molecule has 0 atom stereocenters. The lowest BCUT2D eigenvalue weighted by Crippen LogP contribution is -1.96. The van der Waals surface area contributed by atoms with Gasteiger partial charge in [0.25, 0.3) is 0 Å². The molecule has 442 valence electrons. The molecule has 0 aliphatic rings. The van der Waals surface area contributed by atoms with Crippen molar-refractivity contribution in [3.63, 3.8) is 0 Å². The minimum Gasteiger partial charge on any atom is -0.456 e. The summed E-state index contributed by atoms with van der Waals surface area (Å²) in [4.78, 5) is 0. The molecular formula is C90H56N4O. The Morgan fingerprint density at radius 3 is 0.832 bits per heavy atom. The van der Waals surface area contributed by atoms with Gasteiger partial charge in [-0.15, -0.1) is 0 Å². The molecule has 5 aromatic heterocycles. The van der Waals surface area contributed by atoms with Crippen LogP contribution in [0.3, 0.4) is 0 Å². The number of rotatable bonds is 9. The summed E-state index contributed by atoms with van der Waals surface area (Å²) in [6.07, 6.45) is 0. The summed E-state index contributed by atoms with van der Waals surface area (Å²) in [5, 5.41) is 12.0. The van der Waals surface area contributed by atoms with E-state index in [1.54, 1.807) is 0 Å². The zero-order valence-electron chi connectivity index (χ0n) is 51.5. The number of aromatic nitrogens is 4. The zero-order valence-corrected chi connectivity index (χ0v) is 51.5. The predicted octanol–water partition coefficient (Wildman–Crippen LogP) is 24.3. The van der Waals surface area contributed by atoms with Crippen molar-refractivity contribution >= 4 is 109 Å². The fourth-order valence-electron chi connectivity index (χ4n) is 15.5. The monoisotopic (exact) mass is 1210 g/mol. The number of hydrogen-bond acceptors (Lipinski definition) is 1. The van der Waals surface area contributed by atoms with Crippen molar-refractivity contribution < 1.29 is 4.42 Å². The van der Waals surface area contributed by atoms with Crippen LogP contribution in [-0.2, 0) is 0 Å². The summed E-state index contributed by atoms with van der Waals surface area (Å²) in [6, 6.07) is 125. The first-order valence-electron chi connectivity index (χ1n) is 32.6. The van der Waals surface area contributed by atoms with Crippen molar-refractivity contribution in [2.75, 3.05) is 0 Å². The smallest absolute Gasteiger partial charge is 0.135 e. The molecule has 0 aliphatic carbocycles. The summed E-state index contributed by atoms with van der Waals surface area (Å²) in [5.41, 5.74) is 27.4. The molecule has 5 heteroatoms. The SMILES string of the molecule is c1ccc(-c2ccc3c(c2)c2cc(-c4ccc5c(c4)c4ccccc4n5-c4cccc(-c5cccc(-n6c7ccc(-c8ccc9oc%10ccccc%10c9c8)cc7c7cc(-c8ccc9c(c8)c8ccccc8n9-c8ccccc8)ccc76)c5)c4)ccc2n3-c2ccccc2)cc1. The fourth-order valence-corrected chi connectivity index (χ4v) is 15.5. The highest BCUT2D eigenvalue weighted by atomic mass is 16.3. The summed E-state index contributed by atoms with van der Waals surface area (Å²) in [7, 11) is 0. The maximum atomic E-state index is 6.31. The van der Waals surface area contributed by atoms with Crippen LogP contribution in [0.25, 0.3) is 188 Å². The predicted molar refractivity (Wildman–Crippen MR) is 398 cm³/mol. The van der Waals surface area contributed by atoms with E-state index >= 15 is 0 Å². The van der Waals surface area contributed by atoms with Crippen LogP contribution in [0.2, 0.25) is 0 Å². The van der Waals surface area contributed by atoms with Gasteiger partial charge in [0.2, 0.25) is 0 Å². The first-order valence-corrected chi connectivity index (χ1v) is 32.6. The van der Waals surface area contributed by atoms with Crippen LogP contribution >= 0.6 is 0 Å². The lowest BCUT2D eigenvalue weighted by Gasteiger charge is -2.13. The number of nitrogens with zero attached hydrogens (tertiary/aromatic N) is 4. The maximum Gasteiger partial charge on any atom is 0.135 e. The van der Waals surface area contributed by atoms with Crippen LogP contribution in [0.5, 0.6) is 0 Å². The van der Waals surface area contributed by atoms with Crippen molar-refractivity contribution in [2.24, 2.45) is 0 Å². The lowest BCUT2D eigenvalue weighted by atomic mass is 9.98. The normalized spacial score (nSPS) is 12.0. The Balaban J connectivity index is 0.700. The second-order valence-corrected chi connectivity index (χ2v) is 25.2. The Morgan fingerprint density at radius 2 is 0.411 bits per heavy atom. The van der Waals surface area contributed by atoms with Crippen molar-refractivity contribution in [2.45, 2.75) is 0 Å². The highest BCUT2D eigenvalue weighted by Gasteiger charge is 2.21. The van der Waals surface area contributed by atoms with Gasteiger partial charge in [-0.2, -0.15) is 0 Å². The number of furan rings is 1. The third kappa shape index (κ3) is 8.36. The molecule has 0 bridgehead atoms. The Morgan fingerprint density at radius 1 is 0.147 bits per heavy atom. The molecular weight excluding hydrogens is 1150 g/mol. The average Bonchev–Trinajstić information content (AvgIpc) is 1.61. The van der Waals surface area contributed by atoms with Crippen molar-refractivity contribution in [3.05, 3.63) is 340 Å². The van der Waals surface area contributed by atoms with Gasteiger partial charge in [0, 0.05) is 76.6 Å². The van der Waals surface area contributed by atoms with Gasteiger partial charge >= 0.3 is 0 Å². The van der Waals surface area contributed by atoms with E-state index in [1.165, 1.54) is 104 Å². The first-order chi connectivity index (χ1) is 47.1. The molecule has 20 aromatic rings. The molecule has 0 radical (unpaired) electrons. The molecule has 0 spiro atoms. The number of benzene rings is 15. The second-order valence-electron chi connectivity index (χ2n) is 25.2. The summed E-state index contributed by atoms with van der Waals surface area (Å²) >= 11 is 0. The molecule has 0 aliphatic heterocycles. The quantitative estimate of drug-likeness (QED) is 0.142. The Bertz CT molecular complexity index is 6520. The van der Waals surface area contributed by atoms with E-state index in [0.717, 1.165) is 83.5 Å². The van der Waals surface area contributed by atoms with E-state index < -0.39 is 0 Å². The molecule has 5 nitrogen and oxygen atoms in total. The molecule has 0 N–H and O–H groups in total. The molecule has 0 saturated heterocycles. The lowest BCUT2D eigenvalue weighted by molar-refractivity contribution is 0.669. The zero-order chi connectivity index (χ0) is 62.2. The third-order valence-corrected chi connectivity index (χ3v) is 19.9. The van der Waals surface area contributed by atoms with Crippen LogP contribution in [0, 0.1) is 0 Å². The highest BCUT2D eigenvalue weighted by Crippen LogP contribution is 2.44. The maximum absolute atomic E-state index is 6.31. The van der Waals surface area contributed by atoms with E-state index in [9.17, 15) is 0 Å². The van der Waals surface area contributed by atoms with Gasteiger partial charge in [-0.1, -0.05) is 188 Å². The summed E-state index contributed by atoms with van der Waals surface area (Å²) < 4.78 is 16.0. The van der Waals surface area contributed by atoms with Crippen LogP contribution in [0.15, 0.2) is 344 Å². The number of fused-ring (bicyclic) bond motifs is 15. The number of para-hydroxylation sites is 5. The van der Waals surface area contributed by atoms with Gasteiger partial charge < -0.3 is 22.7 Å². The molecule has 0 saturated carbocycles. The van der Waals surface area contributed by atoms with Gasteiger partial charge in [-0.3, -0.25) is 0 Å². The van der Waals surface area contributed by atoms with Crippen LogP contribution in [-0.4, -0.2) is 18.3 Å². The standard InChI is InChI=1S/C90H56N4O/c1-4-18-57(19-5-1)60-34-41-85-76(50-60)77-53-63(37-44-86(77)92(85)68-24-8-3-9-25-68)62-36-43-84-75(52-62)72-29-11-14-32-82(72)93(84)69-26-16-20-58(48-69)59-21-17-27-70(49-59)94-87-45-38-64(61-35-42-83-74(51-61)71-28-10-13-31-81(71)91(83)67-22-6-2-7-23-67)54-78(87)79-55-65(39-46-88(79)94)66-40-47-90-80(56-66)73-30-12-15-33-89(73)95-90/h1-56H. The largest absolute Gasteiger partial charge is 0.456 e. The molecule has 0 amide bonds. The van der Waals surface area contributed by atoms with Crippen molar-refractivity contribution in [3.8, 4) is 78.4 Å². The van der Waals surface area contributed by atoms with E-state index in [2.05, 4.69) is 352 Å². The molecule has 0 fully saturated rings. The number of hydrogen-bond donors (Lipinski definition) is 0. The third-order valence-electron chi connectivity index (χ3n) is 19.9. The van der Waals surface area contributed by atoms with E-state index in [0.29, 0.717) is 0 Å². The van der Waals surface area contributed by atoms with E-state index in [1.807, 2.05) is 6.07 Å². The van der Waals surface area contributed by atoms with Crippen molar-refractivity contribution in [1.29, 1.82) is 0 Å². The minimum absolute atomic E-state index is 0.892. The molecule has 20 rings (SSSR count). The molecule has 0 unspecified atom stereocenters. The van der Waals surface area contributed by atoms with Gasteiger partial charge in [0.1, 0.15) is 11.2 Å². The molecule has 95 heavy (non-hydrogen) atoms. The Hall–Kier alpha value is -12.7. The molecule has 15 aromatic carbocycles. The van der Waals surface area contributed by atoms with Crippen LogP contribution in [0.1, 0.15) is 0 Å². The minimum atomic E-state index is 0.892. The Kier molecular flexibility index (Phi) is 11.7. The topological polar surface area (TPSA) is 32.9 Å². The van der Waals surface area contributed by atoms with E-state index in [-0.39, 0.29) is 0 Å². The van der Waals surface area contributed by atoms with E-state index in [4.69, 9.17) is 4.42 Å².